The zero-order chi connectivity index (χ0) is 21.8. The highest BCUT2D eigenvalue weighted by atomic mass is 32.2. The van der Waals surface area contributed by atoms with Crippen molar-refractivity contribution >= 4 is 38.5 Å². The third-order valence-electron chi connectivity index (χ3n) is 4.13. The number of hydrogen-bond donors (Lipinski definition) is 2. The number of aromatic nitrogens is 2. The Balaban J connectivity index is 1.41. The van der Waals surface area contributed by atoms with Gasteiger partial charge in [-0.2, -0.15) is 13.5 Å². The van der Waals surface area contributed by atoms with Gasteiger partial charge in [0.1, 0.15) is 21.7 Å². The summed E-state index contributed by atoms with van der Waals surface area (Å²) in [5, 5.41) is 13.8. The quantitative estimate of drug-likeness (QED) is 0.263. The number of benzene rings is 2. The van der Waals surface area contributed by atoms with Crippen molar-refractivity contribution in [1.29, 1.82) is 5.41 Å². The summed E-state index contributed by atoms with van der Waals surface area (Å²) in [5.41, 5.74) is 3.06. The highest BCUT2D eigenvalue weighted by Gasteiger charge is 2.15. The highest BCUT2D eigenvalue weighted by Crippen LogP contribution is 2.18. The van der Waals surface area contributed by atoms with Gasteiger partial charge in [-0.1, -0.05) is 18.2 Å². The van der Waals surface area contributed by atoms with E-state index in [9.17, 15) is 13.2 Å². The van der Waals surface area contributed by atoms with E-state index >= 15 is 0 Å². The lowest BCUT2D eigenvalue weighted by Crippen LogP contribution is -2.28. The van der Waals surface area contributed by atoms with E-state index < -0.39 is 16.0 Å². The summed E-state index contributed by atoms with van der Waals surface area (Å²) < 4.78 is 31.1. The van der Waals surface area contributed by atoms with Crippen LogP contribution in [-0.4, -0.2) is 29.9 Å². The molecular formula is C20H15N5O4S2. The molecule has 0 spiro atoms. The van der Waals surface area contributed by atoms with Crippen LogP contribution in [0.15, 0.2) is 82.4 Å². The van der Waals surface area contributed by atoms with Crippen molar-refractivity contribution in [1.82, 2.24) is 14.8 Å². The molecule has 0 aliphatic heterocycles. The average molecular weight is 454 g/mol. The summed E-state index contributed by atoms with van der Waals surface area (Å²) in [5.74, 6) is -0.417. The van der Waals surface area contributed by atoms with Crippen molar-refractivity contribution in [2.75, 3.05) is 0 Å². The summed E-state index contributed by atoms with van der Waals surface area (Å²) >= 11 is 1.36. The molecule has 0 unspecified atom stereocenters. The molecule has 31 heavy (non-hydrogen) atoms. The van der Waals surface area contributed by atoms with Gasteiger partial charge in [0.25, 0.3) is 5.91 Å². The molecule has 4 aromatic rings. The maximum absolute atomic E-state index is 12.3. The van der Waals surface area contributed by atoms with Crippen LogP contribution in [0.5, 0.6) is 5.75 Å². The summed E-state index contributed by atoms with van der Waals surface area (Å²) in [6, 6.07) is 14.0. The highest BCUT2D eigenvalue weighted by molar-refractivity contribution is 7.87. The number of rotatable bonds is 6. The van der Waals surface area contributed by atoms with E-state index in [1.807, 2.05) is 0 Å². The number of carbonyl (C=O) groups is 1. The number of carbonyl (C=O) groups excluding carboxylic acids is 1. The van der Waals surface area contributed by atoms with Crippen molar-refractivity contribution in [2.24, 2.45) is 5.10 Å². The fourth-order valence-electron chi connectivity index (χ4n) is 2.61. The van der Waals surface area contributed by atoms with Crippen LogP contribution in [0.1, 0.15) is 15.9 Å². The van der Waals surface area contributed by atoms with Crippen LogP contribution < -0.4 is 15.1 Å². The normalized spacial score (nSPS) is 11.6. The Bertz CT molecular complexity index is 1430. The fraction of sp³-hybridized carbons (Fsp3) is 0. The van der Waals surface area contributed by atoms with Crippen molar-refractivity contribution in [3.8, 4) is 5.75 Å². The number of nitrogens with zero attached hydrogens (tertiary/aromatic N) is 3. The minimum atomic E-state index is -3.92. The SMILES string of the molecule is N=c1c(C(=O)N/N=C/c2ccc(OS(=O)(=O)c3ccccc3)cc2)cnc2sccn12. The monoisotopic (exact) mass is 453 g/mol. The number of thiazole rings is 1. The van der Waals surface area contributed by atoms with E-state index in [0.29, 0.717) is 10.5 Å². The standard InChI is InChI=1S/C20H15N5O4S2/c21-18-17(13-22-20-25(18)10-11-30-20)19(26)24-23-12-14-6-8-15(9-7-14)29-31(27,28)16-4-2-1-3-5-16/h1-13,21H,(H,24,26)/b21-18?,23-12+. The fourth-order valence-corrected chi connectivity index (χ4v) is 4.24. The van der Waals surface area contributed by atoms with Gasteiger partial charge in [0.05, 0.1) is 6.21 Å². The Labute approximate surface area is 180 Å². The Morgan fingerprint density at radius 2 is 1.90 bits per heavy atom. The molecular weight excluding hydrogens is 438 g/mol. The lowest BCUT2D eigenvalue weighted by molar-refractivity contribution is 0.0952. The lowest BCUT2D eigenvalue weighted by atomic mass is 10.2. The first-order chi connectivity index (χ1) is 14.9. The van der Waals surface area contributed by atoms with Crippen molar-refractivity contribution in [3.63, 3.8) is 0 Å². The lowest BCUT2D eigenvalue weighted by Gasteiger charge is -2.07. The average Bonchev–Trinajstić information content (AvgIpc) is 3.25. The molecule has 9 nitrogen and oxygen atoms in total. The Morgan fingerprint density at radius 3 is 2.65 bits per heavy atom. The van der Waals surface area contributed by atoms with Crippen molar-refractivity contribution in [2.45, 2.75) is 4.90 Å². The summed E-state index contributed by atoms with van der Waals surface area (Å²) in [7, 11) is -3.92. The summed E-state index contributed by atoms with van der Waals surface area (Å²) in [6.07, 6.45) is 4.38. The van der Waals surface area contributed by atoms with Crippen LogP contribution in [0.4, 0.5) is 0 Å². The summed E-state index contributed by atoms with van der Waals surface area (Å²) in [4.78, 5) is 17.1. The predicted molar refractivity (Wildman–Crippen MR) is 115 cm³/mol. The Morgan fingerprint density at radius 1 is 1.16 bits per heavy atom. The molecule has 2 aromatic carbocycles. The zero-order valence-corrected chi connectivity index (χ0v) is 17.4. The summed E-state index contributed by atoms with van der Waals surface area (Å²) in [6.45, 7) is 0. The van der Waals surface area contributed by atoms with Gasteiger partial charge >= 0.3 is 10.1 Å². The van der Waals surface area contributed by atoms with E-state index in [4.69, 9.17) is 9.59 Å². The number of hydrazone groups is 1. The molecule has 11 heteroatoms. The zero-order valence-electron chi connectivity index (χ0n) is 15.8. The minimum absolute atomic E-state index is 0.0140. The van der Waals surface area contributed by atoms with Gasteiger partial charge in [-0.25, -0.2) is 10.4 Å². The van der Waals surface area contributed by atoms with Crippen molar-refractivity contribution < 1.29 is 17.4 Å². The van der Waals surface area contributed by atoms with E-state index in [1.165, 1.54) is 52.4 Å². The molecule has 1 amide bonds. The molecule has 2 N–H and O–H groups in total. The molecule has 0 radical (unpaired) electrons. The van der Waals surface area contributed by atoms with Gasteiger partial charge in [-0.15, -0.1) is 11.3 Å². The number of nitrogens with one attached hydrogen (secondary N) is 2. The Kier molecular flexibility index (Phi) is 5.60. The van der Waals surface area contributed by atoms with Crippen LogP contribution in [0, 0.1) is 5.41 Å². The molecule has 0 atom stereocenters. The smallest absolute Gasteiger partial charge is 0.339 e. The Hall–Kier alpha value is -3.83. The van der Waals surface area contributed by atoms with Gasteiger partial charge in [-0.3, -0.25) is 14.6 Å². The molecule has 2 heterocycles. The first-order valence-corrected chi connectivity index (χ1v) is 11.2. The van der Waals surface area contributed by atoms with Gasteiger partial charge in [0, 0.05) is 17.8 Å². The molecule has 0 fully saturated rings. The van der Waals surface area contributed by atoms with Gasteiger partial charge < -0.3 is 4.18 Å². The van der Waals surface area contributed by atoms with E-state index in [1.54, 1.807) is 41.9 Å². The van der Waals surface area contributed by atoms with Crippen LogP contribution in [0.25, 0.3) is 4.96 Å². The second kappa shape index (κ2) is 8.50. The predicted octanol–water partition coefficient (Wildman–Crippen LogP) is 2.41. The molecule has 0 aliphatic rings. The third-order valence-corrected chi connectivity index (χ3v) is 6.16. The third kappa shape index (κ3) is 4.52. The number of amides is 1. The van der Waals surface area contributed by atoms with Gasteiger partial charge in [-0.05, 0) is 42.0 Å². The van der Waals surface area contributed by atoms with E-state index in [0.717, 1.165) is 0 Å². The van der Waals surface area contributed by atoms with E-state index in [-0.39, 0.29) is 21.7 Å². The maximum atomic E-state index is 12.3. The first kappa shape index (κ1) is 20.4. The number of fused-ring (bicyclic) bond motifs is 1. The second-order valence-corrected chi connectivity index (χ2v) is 8.61. The van der Waals surface area contributed by atoms with Crippen LogP contribution in [0.2, 0.25) is 0 Å². The van der Waals surface area contributed by atoms with Crippen LogP contribution in [-0.2, 0) is 10.1 Å². The molecule has 4 rings (SSSR count). The molecule has 2 aromatic heterocycles. The van der Waals surface area contributed by atoms with Crippen molar-refractivity contribution in [3.05, 3.63) is 89.0 Å². The topological polar surface area (TPSA) is 126 Å². The molecule has 0 saturated heterocycles. The first-order valence-electron chi connectivity index (χ1n) is 8.86. The second-order valence-electron chi connectivity index (χ2n) is 6.19. The number of hydrogen-bond acceptors (Lipinski definition) is 8. The largest absolute Gasteiger partial charge is 0.379 e. The molecule has 0 saturated carbocycles. The van der Waals surface area contributed by atoms with Crippen LogP contribution >= 0.6 is 11.3 Å². The van der Waals surface area contributed by atoms with Gasteiger partial charge in [0.15, 0.2) is 4.96 Å². The van der Waals surface area contributed by atoms with Gasteiger partial charge in [0.2, 0.25) is 0 Å². The molecule has 156 valence electrons. The molecule has 0 aliphatic carbocycles. The minimum Gasteiger partial charge on any atom is -0.379 e. The van der Waals surface area contributed by atoms with Crippen LogP contribution in [0.3, 0.4) is 0 Å². The van der Waals surface area contributed by atoms with E-state index in [2.05, 4.69) is 15.5 Å². The maximum Gasteiger partial charge on any atom is 0.339 e. The molecule has 0 bridgehead atoms.